The second kappa shape index (κ2) is 10.1. The predicted molar refractivity (Wildman–Crippen MR) is 114 cm³/mol. The SMILES string of the molecule is NC(=O)c1c(I)c(NC(=O)CO)c(I)c(C(=O)NCC(O)CO)c1I. The maximum atomic E-state index is 12.5. The van der Waals surface area contributed by atoms with E-state index >= 15 is 0 Å². The summed E-state index contributed by atoms with van der Waals surface area (Å²) in [5.74, 6) is -2.11. The van der Waals surface area contributed by atoms with Crippen molar-refractivity contribution in [3.8, 4) is 0 Å². The molecule has 0 bridgehead atoms. The largest absolute Gasteiger partial charge is 0.394 e. The van der Waals surface area contributed by atoms with Gasteiger partial charge in [-0.15, -0.1) is 0 Å². The van der Waals surface area contributed by atoms with Crippen LogP contribution < -0.4 is 16.4 Å². The number of primary amides is 1. The van der Waals surface area contributed by atoms with Crippen molar-refractivity contribution in [1.29, 1.82) is 0 Å². The number of nitrogens with one attached hydrogen (secondary N) is 2. The quantitative estimate of drug-likeness (QED) is 0.214. The van der Waals surface area contributed by atoms with E-state index in [2.05, 4.69) is 10.6 Å². The van der Waals surface area contributed by atoms with Crippen LogP contribution in [0, 0.1) is 10.7 Å². The monoisotopic (exact) mass is 689 g/mol. The Kier molecular flexibility index (Phi) is 9.23. The van der Waals surface area contributed by atoms with E-state index in [9.17, 15) is 19.5 Å². The number of aliphatic hydroxyl groups excluding tert-OH is 3. The Hall–Kier alpha value is -0.300. The Morgan fingerprint density at radius 2 is 1.60 bits per heavy atom. The number of nitrogens with two attached hydrogens (primary N) is 1. The minimum absolute atomic E-state index is 0.0581. The van der Waals surface area contributed by atoms with E-state index in [1.54, 1.807) is 22.6 Å². The van der Waals surface area contributed by atoms with Gasteiger partial charge >= 0.3 is 0 Å². The second-order valence-corrected chi connectivity index (χ2v) is 7.92. The van der Waals surface area contributed by atoms with E-state index < -0.39 is 37.0 Å². The summed E-state index contributed by atoms with van der Waals surface area (Å²) in [5.41, 5.74) is 5.72. The summed E-state index contributed by atoms with van der Waals surface area (Å²) in [6.07, 6.45) is -1.13. The van der Waals surface area contributed by atoms with Crippen LogP contribution >= 0.6 is 67.8 Å². The molecule has 0 aromatic heterocycles. The Morgan fingerprint density at radius 1 is 1.04 bits per heavy atom. The molecule has 1 aromatic carbocycles. The van der Waals surface area contributed by atoms with Gasteiger partial charge in [-0.3, -0.25) is 14.4 Å². The maximum absolute atomic E-state index is 12.5. The molecule has 0 aliphatic carbocycles. The number of aliphatic hydroxyl groups is 3. The van der Waals surface area contributed by atoms with Gasteiger partial charge in [0.05, 0.1) is 36.7 Å². The molecule has 0 aliphatic heterocycles. The van der Waals surface area contributed by atoms with Crippen LogP contribution in [-0.4, -0.2) is 58.9 Å². The van der Waals surface area contributed by atoms with Crippen molar-refractivity contribution in [1.82, 2.24) is 5.32 Å². The van der Waals surface area contributed by atoms with Crippen LogP contribution in [0.4, 0.5) is 5.69 Å². The van der Waals surface area contributed by atoms with Crippen LogP contribution in [0.5, 0.6) is 0 Å². The van der Waals surface area contributed by atoms with E-state index in [-0.39, 0.29) is 26.9 Å². The second-order valence-electron chi connectivity index (χ2n) is 4.68. The van der Waals surface area contributed by atoms with Gasteiger partial charge in [0.2, 0.25) is 5.91 Å². The van der Waals surface area contributed by atoms with Gasteiger partial charge in [-0.25, -0.2) is 0 Å². The molecule has 0 aliphatic rings. The maximum Gasteiger partial charge on any atom is 0.253 e. The molecule has 1 rings (SSSR count). The topological polar surface area (TPSA) is 162 Å². The van der Waals surface area contributed by atoms with Crippen LogP contribution in [0.25, 0.3) is 0 Å². The normalized spacial score (nSPS) is 11.8. The molecular formula is C13H14I3N3O6. The highest BCUT2D eigenvalue weighted by Gasteiger charge is 2.27. The zero-order valence-electron chi connectivity index (χ0n) is 12.5. The van der Waals surface area contributed by atoms with Crippen LogP contribution in [-0.2, 0) is 4.79 Å². The van der Waals surface area contributed by atoms with Crippen molar-refractivity contribution >= 4 is 91.2 Å². The van der Waals surface area contributed by atoms with E-state index in [4.69, 9.17) is 15.9 Å². The van der Waals surface area contributed by atoms with Gasteiger partial charge in [-0.2, -0.15) is 0 Å². The van der Waals surface area contributed by atoms with Crippen LogP contribution in [0.1, 0.15) is 20.7 Å². The van der Waals surface area contributed by atoms with Crippen molar-refractivity contribution in [2.75, 3.05) is 25.1 Å². The molecule has 0 fully saturated rings. The van der Waals surface area contributed by atoms with Crippen molar-refractivity contribution < 1.29 is 29.7 Å². The van der Waals surface area contributed by atoms with Gasteiger partial charge in [0.25, 0.3) is 11.8 Å². The molecule has 1 atom stereocenters. The highest BCUT2D eigenvalue weighted by molar-refractivity contribution is 14.1. The fourth-order valence-electron chi connectivity index (χ4n) is 1.73. The molecule has 0 saturated carbocycles. The molecule has 0 saturated heterocycles. The molecule has 138 valence electrons. The van der Waals surface area contributed by atoms with Crippen molar-refractivity contribution in [2.45, 2.75) is 6.10 Å². The first-order valence-corrected chi connectivity index (χ1v) is 9.87. The van der Waals surface area contributed by atoms with Crippen LogP contribution in [0.2, 0.25) is 0 Å². The van der Waals surface area contributed by atoms with Gasteiger partial charge in [0.15, 0.2) is 0 Å². The number of rotatable bonds is 7. The lowest BCUT2D eigenvalue weighted by atomic mass is 10.1. The number of carbonyl (C=O) groups excluding carboxylic acids is 3. The van der Waals surface area contributed by atoms with Crippen molar-refractivity contribution in [3.05, 3.63) is 21.8 Å². The molecule has 3 amide bonds. The Labute approximate surface area is 183 Å². The summed E-state index contributed by atoms with van der Waals surface area (Å²) in [7, 11) is 0. The smallest absolute Gasteiger partial charge is 0.253 e. The lowest BCUT2D eigenvalue weighted by Gasteiger charge is -2.18. The summed E-state index contributed by atoms with van der Waals surface area (Å²) >= 11 is 5.46. The highest BCUT2D eigenvalue weighted by Crippen LogP contribution is 2.35. The first-order chi connectivity index (χ1) is 11.6. The number of benzene rings is 1. The fourth-order valence-corrected chi connectivity index (χ4v) is 6.19. The Balaban J connectivity index is 3.47. The minimum Gasteiger partial charge on any atom is -0.394 e. The van der Waals surface area contributed by atoms with Gasteiger partial charge in [-0.1, -0.05) is 0 Å². The Bertz CT molecular complexity index is 713. The van der Waals surface area contributed by atoms with Gasteiger partial charge in [0.1, 0.15) is 6.61 Å². The highest BCUT2D eigenvalue weighted by atomic mass is 127. The van der Waals surface area contributed by atoms with E-state index in [0.29, 0.717) is 7.14 Å². The van der Waals surface area contributed by atoms with Gasteiger partial charge in [0, 0.05) is 10.1 Å². The number of halogens is 3. The zero-order valence-corrected chi connectivity index (χ0v) is 18.9. The van der Waals surface area contributed by atoms with Crippen molar-refractivity contribution in [2.24, 2.45) is 5.73 Å². The third-order valence-electron chi connectivity index (χ3n) is 2.91. The number of hydrogen-bond acceptors (Lipinski definition) is 6. The standard InChI is InChI=1S/C13H14I3N3O6/c14-8-6(12(17)24)9(15)11(19-5(23)3-21)10(16)7(8)13(25)18-1-4(22)2-20/h4,20-22H,1-3H2,(H2,17,24)(H,18,25)(H,19,23). The molecule has 1 unspecified atom stereocenters. The third kappa shape index (κ3) is 5.59. The minimum atomic E-state index is -1.13. The molecule has 9 nitrogen and oxygen atoms in total. The van der Waals surface area contributed by atoms with E-state index in [1.807, 2.05) is 45.2 Å². The first-order valence-electron chi connectivity index (χ1n) is 6.63. The Morgan fingerprint density at radius 3 is 2.08 bits per heavy atom. The number of amides is 3. The summed E-state index contributed by atoms with van der Waals surface area (Å²) < 4.78 is 0.971. The van der Waals surface area contributed by atoms with Crippen molar-refractivity contribution in [3.63, 3.8) is 0 Å². The average molecular weight is 689 g/mol. The predicted octanol–water partition coefficient (Wildman–Crippen LogP) is -0.387. The molecule has 12 heteroatoms. The average Bonchev–Trinajstić information content (AvgIpc) is 2.55. The molecular weight excluding hydrogens is 675 g/mol. The lowest BCUT2D eigenvalue weighted by Crippen LogP contribution is -2.35. The molecule has 0 heterocycles. The van der Waals surface area contributed by atoms with Crippen LogP contribution in [0.3, 0.4) is 0 Å². The molecule has 1 aromatic rings. The summed E-state index contributed by atoms with van der Waals surface area (Å²) in [5, 5.41) is 32.0. The van der Waals surface area contributed by atoms with E-state index in [1.165, 1.54) is 0 Å². The number of hydrogen-bond donors (Lipinski definition) is 6. The summed E-state index contributed by atoms with van der Waals surface area (Å²) in [4.78, 5) is 35.8. The molecule has 7 N–H and O–H groups in total. The summed E-state index contributed by atoms with van der Waals surface area (Å²) in [6, 6.07) is 0. The molecule has 25 heavy (non-hydrogen) atoms. The zero-order chi connectivity index (χ0) is 19.3. The van der Waals surface area contributed by atoms with E-state index in [0.717, 1.165) is 0 Å². The fraction of sp³-hybridized carbons (Fsp3) is 0.308. The van der Waals surface area contributed by atoms with Gasteiger partial charge < -0.3 is 31.7 Å². The third-order valence-corrected chi connectivity index (χ3v) is 6.14. The summed E-state index contributed by atoms with van der Waals surface area (Å²) in [6.45, 7) is -1.49. The molecule has 0 radical (unpaired) electrons. The van der Waals surface area contributed by atoms with Gasteiger partial charge in [-0.05, 0) is 67.8 Å². The van der Waals surface area contributed by atoms with Crippen LogP contribution in [0.15, 0.2) is 0 Å². The number of carbonyl (C=O) groups is 3. The number of anilines is 1. The first kappa shape index (κ1) is 22.7. The molecule has 0 spiro atoms. The lowest BCUT2D eigenvalue weighted by molar-refractivity contribution is -0.118.